The number of aryl methyl sites for hydroxylation is 1. The molecule has 122 valence electrons. The lowest BCUT2D eigenvalue weighted by molar-refractivity contribution is -0.119. The highest BCUT2D eigenvalue weighted by atomic mass is 32.2. The summed E-state index contributed by atoms with van der Waals surface area (Å²) in [5, 5.41) is 12.6. The van der Waals surface area contributed by atoms with E-state index in [1.54, 1.807) is 12.1 Å². The van der Waals surface area contributed by atoms with Crippen LogP contribution < -0.4 is 5.32 Å². The molecule has 0 saturated carbocycles. The van der Waals surface area contributed by atoms with E-state index >= 15 is 0 Å². The minimum absolute atomic E-state index is 0.00473. The third-order valence-electron chi connectivity index (χ3n) is 3.34. The third-order valence-corrected chi connectivity index (χ3v) is 4.34. The van der Waals surface area contributed by atoms with Gasteiger partial charge in [-0.15, -0.1) is 11.8 Å². The van der Waals surface area contributed by atoms with Crippen molar-refractivity contribution < 1.29 is 14.3 Å². The Kier molecular flexibility index (Phi) is 6.62. The van der Waals surface area contributed by atoms with Gasteiger partial charge in [-0.3, -0.25) is 4.79 Å². The molecule has 0 saturated heterocycles. The van der Waals surface area contributed by atoms with Gasteiger partial charge in [-0.1, -0.05) is 48.0 Å². The fraction of sp³-hybridized carbons (Fsp3) is 0.278. The second-order valence-corrected chi connectivity index (χ2v) is 6.31. The topological polar surface area (TPSA) is 49.3 Å². The van der Waals surface area contributed by atoms with Crippen LogP contribution in [-0.4, -0.2) is 23.3 Å². The lowest BCUT2D eigenvalue weighted by atomic mass is 10.1. The third kappa shape index (κ3) is 5.69. The minimum Gasteiger partial charge on any atom is -0.386 e. The molecule has 0 radical (unpaired) electrons. The average Bonchev–Trinajstić information content (AvgIpc) is 2.53. The normalized spacial score (nSPS) is 12.0. The first kappa shape index (κ1) is 17.5. The van der Waals surface area contributed by atoms with Crippen molar-refractivity contribution >= 4 is 17.7 Å². The van der Waals surface area contributed by atoms with E-state index in [1.807, 2.05) is 25.1 Å². The number of amides is 1. The maximum atomic E-state index is 13.5. The van der Waals surface area contributed by atoms with Crippen LogP contribution in [0.4, 0.5) is 4.39 Å². The van der Waals surface area contributed by atoms with Crippen LogP contribution in [0.25, 0.3) is 0 Å². The molecule has 0 spiro atoms. The smallest absolute Gasteiger partial charge is 0.230 e. The molecule has 2 aromatic carbocycles. The maximum Gasteiger partial charge on any atom is 0.230 e. The largest absolute Gasteiger partial charge is 0.386 e. The van der Waals surface area contributed by atoms with Crippen molar-refractivity contribution in [1.29, 1.82) is 0 Å². The number of benzene rings is 2. The molecule has 23 heavy (non-hydrogen) atoms. The molecular formula is C18H20FNO2S. The molecule has 0 fully saturated rings. The van der Waals surface area contributed by atoms with Crippen molar-refractivity contribution in [2.24, 2.45) is 0 Å². The zero-order valence-corrected chi connectivity index (χ0v) is 13.8. The number of aliphatic hydroxyl groups is 1. The van der Waals surface area contributed by atoms with Crippen LogP contribution in [0, 0.1) is 12.7 Å². The van der Waals surface area contributed by atoms with Gasteiger partial charge in [-0.25, -0.2) is 4.39 Å². The van der Waals surface area contributed by atoms with Gasteiger partial charge < -0.3 is 10.4 Å². The number of aliphatic hydroxyl groups excluding tert-OH is 1. The summed E-state index contributed by atoms with van der Waals surface area (Å²) in [6, 6.07) is 14.2. The molecule has 1 amide bonds. The quantitative estimate of drug-likeness (QED) is 0.818. The van der Waals surface area contributed by atoms with Crippen molar-refractivity contribution in [1.82, 2.24) is 5.32 Å². The molecule has 1 atom stereocenters. The molecule has 0 heterocycles. The van der Waals surface area contributed by atoms with Gasteiger partial charge in [-0.05, 0) is 18.6 Å². The molecule has 0 aliphatic rings. The van der Waals surface area contributed by atoms with E-state index < -0.39 is 11.9 Å². The van der Waals surface area contributed by atoms with Gasteiger partial charge in [0.2, 0.25) is 5.91 Å². The molecule has 3 nitrogen and oxygen atoms in total. The number of hydrogen-bond donors (Lipinski definition) is 2. The second-order valence-electron chi connectivity index (χ2n) is 5.32. The first-order valence-corrected chi connectivity index (χ1v) is 8.54. The van der Waals surface area contributed by atoms with Crippen molar-refractivity contribution in [2.75, 3.05) is 12.3 Å². The second kappa shape index (κ2) is 8.70. The van der Waals surface area contributed by atoms with E-state index in [-0.39, 0.29) is 18.0 Å². The Morgan fingerprint density at radius 3 is 2.78 bits per heavy atom. The summed E-state index contributed by atoms with van der Waals surface area (Å²) in [7, 11) is 0. The van der Waals surface area contributed by atoms with Crippen molar-refractivity contribution in [2.45, 2.75) is 18.8 Å². The molecule has 0 aliphatic heterocycles. The first-order valence-electron chi connectivity index (χ1n) is 7.38. The van der Waals surface area contributed by atoms with Crippen LogP contribution in [0.5, 0.6) is 0 Å². The average molecular weight is 333 g/mol. The number of nitrogens with one attached hydrogen (secondary N) is 1. The molecule has 2 aromatic rings. The summed E-state index contributed by atoms with van der Waals surface area (Å²) >= 11 is 1.51. The number of rotatable bonds is 7. The molecule has 2 rings (SSSR count). The van der Waals surface area contributed by atoms with E-state index in [9.17, 15) is 14.3 Å². The maximum absolute atomic E-state index is 13.5. The standard InChI is InChI=1S/C18H20FNO2S/c1-13-5-4-6-14(9-13)11-23-12-18(22)20-10-17(21)15-7-2-3-8-16(15)19/h2-9,17,21H,10-12H2,1H3,(H,20,22). The lowest BCUT2D eigenvalue weighted by Gasteiger charge is -2.13. The van der Waals surface area contributed by atoms with Crippen LogP contribution in [-0.2, 0) is 10.5 Å². The fourth-order valence-corrected chi connectivity index (χ4v) is 2.99. The summed E-state index contributed by atoms with van der Waals surface area (Å²) in [6.07, 6.45) is -1.04. The van der Waals surface area contributed by atoms with Gasteiger partial charge in [0.05, 0.1) is 11.9 Å². The predicted molar refractivity (Wildman–Crippen MR) is 91.7 cm³/mol. The van der Waals surface area contributed by atoms with Crippen LogP contribution in [0.2, 0.25) is 0 Å². The van der Waals surface area contributed by atoms with Crippen LogP contribution in [0.3, 0.4) is 0 Å². The summed E-state index contributed by atoms with van der Waals surface area (Å²) < 4.78 is 13.5. The number of thioether (sulfide) groups is 1. The Bertz CT molecular complexity index is 663. The van der Waals surface area contributed by atoms with Gasteiger partial charge in [0, 0.05) is 17.9 Å². The monoisotopic (exact) mass is 333 g/mol. The molecule has 0 aliphatic carbocycles. The first-order chi connectivity index (χ1) is 11.1. The van der Waals surface area contributed by atoms with E-state index in [4.69, 9.17) is 0 Å². The molecule has 2 N–H and O–H groups in total. The van der Waals surface area contributed by atoms with Crippen molar-refractivity contribution in [3.63, 3.8) is 0 Å². The molecule has 1 unspecified atom stereocenters. The van der Waals surface area contributed by atoms with E-state index in [1.165, 1.54) is 35.0 Å². The molecular weight excluding hydrogens is 313 g/mol. The lowest BCUT2D eigenvalue weighted by Crippen LogP contribution is -2.30. The highest BCUT2D eigenvalue weighted by molar-refractivity contribution is 7.99. The van der Waals surface area contributed by atoms with E-state index in [2.05, 4.69) is 11.4 Å². The zero-order valence-electron chi connectivity index (χ0n) is 13.0. The van der Waals surface area contributed by atoms with Crippen molar-refractivity contribution in [3.05, 3.63) is 71.0 Å². The van der Waals surface area contributed by atoms with E-state index in [0.29, 0.717) is 5.75 Å². The van der Waals surface area contributed by atoms with Gasteiger partial charge in [0.1, 0.15) is 5.82 Å². The summed E-state index contributed by atoms with van der Waals surface area (Å²) in [4.78, 5) is 11.8. The van der Waals surface area contributed by atoms with Gasteiger partial charge >= 0.3 is 0 Å². The van der Waals surface area contributed by atoms with Gasteiger partial charge in [0.25, 0.3) is 0 Å². The summed E-state index contributed by atoms with van der Waals surface area (Å²) in [5.41, 5.74) is 2.56. The number of hydrogen-bond acceptors (Lipinski definition) is 3. The van der Waals surface area contributed by atoms with Crippen LogP contribution >= 0.6 is 11.8 Å². The molecule has 0 bridgehead atoms. The molecule has 0 aromatic heterocycles. The number of carbonyl (C=O) groups excluding carboxylic acids is 1. The summed E-state index contributed by atoms with van der Waals surface area (Å²) in [5.74, 6) is 0.421. The van der Waals surface area contributed by atoms with Crippen LogP contribution in [0.1, 0.15) is 22.8 Å². The SMILES string of the molecule is Cc1cccc(CSCC(=O)NCC(O)c2ccccc2F)c1. The highest BCUT2D eigenvalue weighted by Crippen LogP contribution is 2.16. The zero-order chi connectivity index (χ0) is 16.7. The van der Waals surface area contributed by atoms with Crippen LogP contribution in [0.15, 0.2) is 48.5 Å². The highest BCUT2D eigenvalue weighted by Gasteiger charge is 2.13. The van der Waals surface area contributed by atoms with Gasteiger partial charge in [0.15, 0.2) is 0 Å². The Balaban J connectivity index is 1.72. The van der Waals surface area contributed by atoms with Crippen molar-refractivity contribution in [3.8, 4) is 0 Å². The Labute approximate surface area is 139 Å². The Morgan fingerprint density at radius 2 is 2.04 bits per heavy atom. The number of halogens is 1. The Morgan fingerprint density at radius 1 is 1.26 bits per heavy atom. The number of carbonyl (C=O) groups is 1. The summed E-state index contributed by atoms with van der Waals surface area (Å²) in [6.45, 7) is 2.04. The Hall–Kier alpha value is -1.85. The molecule has 5 heteroatoms. The minimum atomic E-state index is -1.04. The van der Waals surface area contributed by atoms with E-state index in [0.717, 1.165) is 5.75 Å². The predicted octanol–water partition coefficient (Wildman–Crippen LogP) is 3.22. The van der Waals surface area contributed by atoms with Gasteiger partial charge in [-0.2, -0.15) is 0 Å². The fourth-order valence-electron chi connectivity index (χ4n) is 2.18.